The molecule has 92 valence electrons. The quantitative estimate of drug-likeness (QED) is 0.924. The molecule has 0 radical (unpaired) electrons. The van der Waals surface area contributed by atoms with Crippen molar-refractivity contribution in [3.05, 3.63) is 47.1 Å². The second kappa shape index (κ2) is 5.06. The lowest BCUT2D eigenvalue weighted by Gasteiger charge is -2.11. The Bertz CT molecular complexity index is 599. The number of rotatable bonds is 3. The van der Waals surface area contributed by atoms with Crippen molar-refractivity contribution >= 4 is 17.5 Å². The molecule has 0 unspecified atom stereocenters. The van der Waals surface area contributed by atoms with Gasteiger partial charge in [0.2, 0.25) is 0 Å². The van der Waals surface area contributed by atoms with Gasteiger partial charge >= 0.3 is 0 Å². The van der Waals surface area contributed by atoms with Gasteiger partial charge in [0.1, 0.15) is 5.75 Å². The zero-order valence-corrected chi connectivity index (χ0v) is 10.4. The number of carbonyl (C=O) groups excluding carboxylic acids is 1. The van der Waals surface area contributed by atoms with E-state index >= 15 is 0 Å². The van der Waals surface area contributed by atoms with E-state index in [9.17, 15) is 4.79 Å². The predicted octanol–water partition coefficient (Wildman–Crippen LogP) is 2.51. The van der Waals surface area contributed by atoms with Gasteiger partial charge in [-0.05, 0) is 24.3 Å². The van der Waals surface area contributed by atoms with Gasteiger partial charge in [-0.3, -0.25) is 9.78 Å². The van der Waals surface area contributed by atoms with Gasteiger partial charge in [0, 0.05) is 6.20 Å². The number of hydrogen-bond donors (Lipinski definition) is 1. The van der Waals surface area contributed by atoms with E-state index in [1.54, 1.807) is 36.5 Å². The Balaban J connectivity index is 2.73. The third-order valence-electron chi connectivity index (χ3n) is 2.51. The van der Waals surface area contributed by atoms with Crippen LogP contribution in [0.5, 0.6) is 5.75 Å². The Morgan fingerprint density at radius 3 is 2.78 bits per heavy atom. The fourth-order valence-electron chi connectivity index (χ4n) is 1.71. The number of aromatic nitrogens is 1. The smallest absolute Gasteiger partial charge is 0.250 e. The summed E-state index contributed by atoms with van der Waals surface area (Å²) in [7, 11) is 1.53. The Morgan fingerprint density at radius 2 is 2.11 bits per heavy atom. The number of ether oxygens (including phenoxy) is 1. The molecule has 0 aliphatic rings. The molecule has 18 heavy (non-hydrogen) atoms. The standard InChI is InChI=1S/C13H11ClN2O2/c1-18-10-6-2-5-9(14)11(10)12-8(13(15)17)4-3-7-16-12/h2-7H,1H3,(H2,15,17). The first-order valence-corrected chi connectivity index (χ1v) is 5.60. The van der Waals surface area contributed by atoms with E-state index in [4.69, 9.17) is 22.1 Å². The first kappa shape index (κ1) is 12.4. The van der Waals surface area contributed by atoms with Crippen LogP contribution in [0.25, 0.3) is 11.3 Å². The lowest BCUT2D eigenvalue weighted by Crippen LogP contribution is -2.13. The lowest BCUT2D eigenvalue weighted by molar-refractivity contribution is 0.100. The monoisotopic (exact) mass is 262 g/mol. The number of benzene rings is 1. The van der Waals surface area contributed by atoms with Gasteiger partial charge in [-0.15, -0.1) is 0 Å². The van der Waals surface area contributed by atoms with Crippen molar-refractivity contribution in [2.24, 2.45) is 5.73 Å². The highest BCUT2D eigenvalue weighted by Gasteiger charge is 2.17. The number of primary amides is 1. The average Bonchev–Trinajstić information content (AvgIpc) is 2.38. The van der Waals surface area contributed by atoms with Crippen molar-refractivity contribution < 1.29 is 9.53 Å². The summed E-state index contributed by atoms with van der Waals surface area (Å²) in [6, 6.07) is 8.47. The van der Waals surface area contributed by atoms with Crippen molar-refractivity contribution in [1.29, 1.82) is 0 Å². The molecule has 0 fully saturated rings. The molecule has 2 N–H and O–H groups in total. The molecule has 4 nitrogen and oxygen atoms in total. The molecule has 1 aromatic heterocycles. The Kier molecular flexibility index (Phi) is 3.48. The Hall–Kier alpha value is -2.07. The van der Waals surface area contributed by atoms with Crippen LogP contribution in [0.1, 0.15) is 10.4 Å². The molecule has 0 atom stereocenters. The highest BCUT2D eigenvalue weighted by atomic mass is 35.5. The van der Waals surface area contributed by atoms with Gasteiger partial charge in [-0.1, -0.05) is 17.7 Å². The molecule has 0 aliphatic carbocycles. The Labute approximate surface area is 109 Å². The molecule has 2 rings (SSSR count). The van der Waals surface area contributed by atoms with Gasteiger partial charge in [0.25, 0.3) is 5.91 Å². The summed E-state index contributed by atoms with van der Waals surface area (Å²) < 4.78 is 5.24. The summed E-state index contributed by atoms with van der Waals surface area (Å²) in [5.74, 6) is -0.0104. The lowest BCUT2D eigenvalue weighted by atomic mass is 10.0. The van der Waals surface area contributed by atoms with E-state index < -0.39 is 5.91 Å². The maximum absolute atomic E-state index is 11.4. The summed E-state index contributed by atoms with van der Waals surface area (Å²) >= 11 is 6.15. The van der Waals surface area contributed by atoms with Gasteiger partial charge in [-0.2, -0.15) is 0 Å². The van der Waals surface area contributed by atoms with E-state index in [1.165, 1.54) is 7.11 Å². The molecule has 1 amide bonds. The van der Waals surface area contributed by atoms with E-state index in [0.717, 1.165) is 0 Å². The molecule has 0 spiro atoms. The number of carbonyl (C=O) groups is 1. The molecule has 0 saturated heterocycles. The minimum Gasteiger partial charge on any atom is -0.496 e. The van der Waals surface area contributed by atoms with Gasteiger partial charge in [0.05, 0.1) is 29.0 Å². The zero-order valence-electron chi connectivity index (χ0n) is 9.68. The predicted molar refractivity (Wildman–Crippen MR) is 69.8 cm³/mol. The average molecular weight is 263 g/mol. The van der Waals surface area contributed by atoms with Crippen LogP contribution in [0.3, 0.4) is 0 Å². The maximum Gasteiger partial charge on any atom is 0.250 e. The van der Waals surface area contributed by atoms with E-state index in [1.807, 2.05) is 0 Å². The minimum absolute atomic E-state index is 0.309. The number of methoxy groups -OCH3 is 1. The van der Waals surface area contributed by atoms with Crippen LogP contribution in [0, 0.1) is 0 Å². The molecular formula is C13H11ClN2O2. The second-order valence-electron chi connectivity index (χ2n) is 3.58. The number of amides is 1. The van der Waals surface area contributed by atoms with Crippen LogP contribution in [0.4, 0.5) is 0 Å². The number of hydrogen-bond acceptors (Lipinski definition) is 3. The molecule has 1 heterocycles. The third-order valence-corrected chi connectivity index (χ3v) is 2.82. The minimum atomic E-state index is -0.555. The van der Waals surface area contributed by atoms with E-state index in [-0.39, 0.29) is 0 Å². The summed E-state index contributed by atoms with van der Waals surface area (Å²) in [4.78, 5) is 15.6. The SMILES string of the molecule is COc1cccc(Cl)c1-c1ncccc1C(N)=O. The van der Waals surface area contributed by atoms with Crippen LogP contribution < -0.4 is 10.5 Å². The summed E-state index contributed by atoms with van der Waals surface area (Å²) in [5.41, 5.74) is 6.63. The van der Waals surface area contributed by atoms with Gasteiger partial charge in [0.15, 0.2) is 0 Å². The third kappa shape index (κ3) is 2.15. The molecular weight excluding hydrogens is 252 g/mol. The summed E-state index contributed by atoms with van der Waals surface area (Å²) in [6.45, 7) is 0. The second-order valence-corrected chi connectivity index (χ2v) is 3.99. The topological polar surface area (TPSA) is 65.2 Å². The van der Waals surface area contributed by atoms with Crippen LogP contribution in [0.2, 0.25) is 5.02 Å². The van der Waals surface area contributed by atoms with Crippen LogP contribution in [-0.2, 0) is 0 Å². The van der Waals surface area contributed by atoms with Gasteiger partial charge < -0.3 is 10.5 Å². The fraction of sp³-hybridized carbons (Fsp3) is 0.0769. The number of nitrogens with two attached hydrogens (primary N) is 1. The van der Waals surface area contributed by atoms with Crippen molar-refractivity contribution in [2.75, 3.05) is 7.11 Å². The fourth-order valence-corrected chi connectivity index (χ4v) is 1.96. The largest absolute Gasteiger partial charge is 0.496 e. The molecule has 0 saturated carbocycles. The molecule has 1 aromatic carbocycles. The van der Waals surface area contributed by atoms with E-state index in [0.29, 0.717) is 27.6 Å². The zero-order chi connectivity index (χ0) is 13.1. The number of halogens is 1. The first-order valence-electron chi connectivity index (χ1n) is 5.23. The van der Waals surface area contributed by atoms with Crippen molar-refractivity contribution in [3.8, 4) is 17.0 Å². The molecule has 5 heteroatoms. The number of nitrogens with zero attached hydrogens (tertiary/aromatic N) is 1. The normalized spacial score (nSPS) is 10.1. The molecule has 2 aromatic rings. The summed E-state index contributed by atoms with van der Waals surface area (Å²) in [5, 5.41) is 0.454. The van der Waals surface area contributed by atoms with Crippen molar-refractivity contribution in [2.45, 2.75) is 0 Å². The van der Waals surface area contributed by atoms with Crippen LogP contribution in [0.15, 0.2) is 36.5 Å². The highest BCUT2D eigenvalue weighted by molar-refractivity contribution is 6.33. The Morgan fingerprint density at radius 1 is 1.33 bits per heavy atom. The molecule has 0 aliphatic heterocycles. The molecule has 0 bridgehead atoms. The number of pyridine rings is 1. The van der Waals surface area contributed by atoms with Crippen LogP contribution >= 0.6 is 11.6 Å². The summed E-state index contributed by atoms with van der Waals surface area (Å²) in [6.07, 6.45) is 1.57. The van der Waals surface area contributed by atoms with Crippen LogP contribution in [-0.4, -0.2) is 18.0 Å². The van der Waals surface area contributed by atoms with Crippen molar-refractivity contribution in [1.82, 2.24) is 4.98 Å². The van der Waals surface area contributed by atoms with Crippen molar-refractivity contribution in [3.63, 3.8) is 0 Å². The van der Waals surface area contributed by atoms with E-state index in [2.05, 4.69) is 4.98 Å². The first-order chi connectivity index (χ1) is 8.65. The maximum atomic E-state index is 11.4. The highest BCUT2D eigenvalue weighted by Crippen LogP contribution is 2.36. The van der Waals surface area contributed by atoms with Gasteiger partial charge in [-0.25, -0.2) is 0 Å².